The maximum Gasteiger partial charge on any atom is 0.341 e. The van der Waals surface area contributed by atoms with Gasteiger partial charge in [0.05, 0.1) is 17.7 Å². The van der Waals surface area contributed by atoms with Crippen molar-refractivity contribution in [2.45, 2.75) is 45.6 Å². The normalized spacial score (nSPS) is 15.3. The number of nitrogens with zero attached hydrogens (tertiary/aromatic N) is 1. The molecule has 1 atom stereocenters. The predicted octanol–water partition coefficient (Wildman–Crippen LogP) is 5.09. The number of amides is 3. The van der Waals surface area contributed by atoms with Crippen molar-refractivity contribution in [3.63, 3.8) is 0 Å². The predicted molar refractivity (Wildman–Crippen MR) is 137 cm³/mol. The van der Waals surface area contributed by atoms with Gasteiger partial charge in [0.2, 0.25) is 5.91 Å². The van der Waals surface area contributed by atoms with Crippen molar-refractivity contribution in [1.82, 2.24) is 4.90 Å². The Labute approximate surface area is 213 Å². The van der Waals surface area contributed by atoms with Crippen LogP contribution in [0.25, 0.3) is 11.1 Å². The molecule has 5 rings (SSSR count). The molecule has 0 bridgehead atoms. The van der Waals surface area contributed by atoms with Crippen LogP contribution in [0.5, 0.6) is 0 Å². The van der Waals surface area contributed by atoms with E-state index in [1.165, 1.54) is 35.8 Å². The molecule has 1 aliphatic heterocycles. The van der Waals surface area contributed by atoms with Gasteiger partial charge in [-0.2, -0.15) is 0 Å². The molecule has 2 aromatic carbocycles. The first-order valence-corrected chi connectivity index (χ1v) is 13.0. The van der Waals surface area contributed by atoms with Gasteiger partial charge in [-0.25, -0.2) is 4.79 Å². The third-order valence-electron chi connectivity index (χ3n) is 6.76. The fraction of sp³-hybridized carbons (Fsp3) is 0.286. The van der Waals surface area contributed by atoms with Crippen LogP contribution in [-0.2, 0) is 22.4 Å². The second kappa shape index (κ2) is 9.70. The summed E-state index contributed by atoms with van der Waals surface area (Å²) in [6.45, 7) is 3.42. The van der Waals surface area contributed by atoms with E-state index in [9.17, 15) is 19.2 Å². The molecule has 1 aromatic heterocycles. The highest BCUT2D eigenvalue weighted by Gasteiger charge is 2.41. The van der Waals surface area contributed by atoms with Gasteiger partial charge < -0.3 is 10.1 Å². The van der Waals surface area contributed by atoms with Crippen molar-refractivity contribution in [2.24, 2.45) is 0 Å². The number of hydrogen-bond acceptors (Lipinski definition) is 6. The minimum Gasteiger partial charge on any atom is -0.462 e. The standard InChI is InChI=1S/C28H26N2O5S/c1-3-35-28(34)23-22(19-13-12-17-8-4-5-9-18(17)14-19)15-36-25(23)29-24(31)16(2)30-26(32)20-10-6-7-11-21(20)27(30)33/h6-7,10-16H,3-5,8-9H2,1-2H3,(H,29,31). The van der Waals surface area contributed by atoms with Crippen LogP contribution < -0.4 is 5.32 Å². The zero-order chi connectivity index (χ0) is 25.4. The molecule has 0 fully saturated rings. The molecule has 1 N–H and O–H groups in total. The largest absolute Gasteiger partial charge is 0.462 e. The lowest BCUT2D eigenvalue weighted by Crippen LogP contribution is -2.45. The van der Waals surface area contributed by atoms with E-state index < -0.39 is 29.7 Å². The van der Waals surface area contributed by atoms with Crippen LogP contribution >= 0.6 is 11.3 Å². The van der Waals surface area contributed by atoms with Crippen molar-refractivity contribution in [2.75, 3.05) is 11.9 Å². The molecule has 36 heavy (non-hydrogen) atoms. The van der Waals surface area contributed by atoms with Crippen LogP contribution in [0, 0.1) is 0 Å². The zero-order valence-corrected chi connectivity index (χ0v) is 20.9. The summed E-state index contributed by atoms with van der Waals surface area (Å²) in [5.41, 5.74) is 5.03. The van der Waals surface area contributed by atoms with Crippen LogP contribution in [0.1, 0.15) is 68.9 Å². The molecular weight excluding hydrogens is 476 g/mol. The number of benzene rings is 2. The molecule has 0 saturated carbocycles. The highest BCUT2D eigenvalue weighted by Crippen LogP contribution is 2.38. The number of hydrogen-bond donors (Lipinski definition) is 1. The molecule has 3 aromatic rings. The van der Waals surface area contributed by atoms with Gasteiger partial charge in [0.25, 0.3) is 11.8 Å². The quantitative estimate of drug-likeness (QED) is 0.374. The van der Waals surface area contributed by atoms with Gasteiger partial charge >= 0.3 is 5.97 Å². The average Bonchev–Trinajstić information content (AvgIpc) is 3.42. The topological polar surface area (TPSA) is 92.8 Å². The van der Waals surface area contributed by atoms with Crippen LogP contribution in [0.3, 0.4) is 0 Å². The Morgan fingerprint density at radius 3 is 2.33 bits per heavy atom. The van der Waals surface area contributed by atoms with E-state index >= 15 is 0 Å². The van der Waals surface area contributed by atoms with Gasteiger partial charge in [0.15, 0.2) is 0 Å². The van der Waals surface area contributed by atoms with E-state index in [0.717, 1.165) is 29.7 Å². The third-order valence-corrected chi connectivity index (χ3v) is 7.65. The van der Waals surface area contributed by atoms with E-state index in [4.69, 9.17) is 4.74 Å². The molecule has 1 aliphatic carbocycles. The van der Waals surface area contributed by atoms with Gasteiger partial charge in [-0.1, -0.05) is 30.3 Å². The Hall–Kier alpha value is -3.78. The molecule has 0 saturated heterocycles. The van der Waals surface area contributed by atoms with Gasteiger partial charge in [-0.15, -0.1) is 11.3 Å². The molecule has 3 amide bonds. The Morgan fingerprint density at radius 1 is 1.00 bits per heavy atom. The summed E-state index contributed by atoms with van der Waals surface area (Å²) in [6, 6.07) is 11.7. The number of carbonyl (C=O) groups excluding carboxylic acids is 4. The first-order valence-electron chi connectivity index (χ1n) is 12.1. The molecule has 0 spiro atoms. The van der Waals surface area contributed by atoms with Crippen molar-refractivity contribution in [3.8, 4) is 11.1 Å². The fourth-order valence-corrected chi connectivity index (χ4v) is 5.82. The van der Waals surface area contributed by atoms with E-state index in [0.29, 0.717) is 10.6 Å². The number of fused-ring (bicyclic) bond motifs is 2. The first kappa shape index (κ1) is 23.9. The zero-order valence-electron chi connectivity index (χ0n) is 20.1. The Balaban J connectivity index is 1.44. The molecule has 0 radical (unpaired) electrons. The smallest absolute Gasteiger partial charge is 0.341 e. The lowest BCUT2D eigenvalue weighted by molar-refractivity contribution is -0.119. The number of rotatable bonds is 6. The summed E-state index contributed by atoms with van der Waals surface area (Å²) in [7, 11) is 0. The third kappa shape index (κ3) is 4.11. The van der Waals surface area contributed by atoms with Crippen LogP contribution in [0.4, 0.5) is 5.00 Å². The summed E-state index contributed by atoms with van der Waals surface area (Å²) in [6.07, 6.45) is 4.38. The second-order valence-electron chi connectivity index (χ2n) is 8.96. The number of carbonyl (C=O) groups is 4. The lowest BCUT2D eigenvalue weighted by Gasteiger charge is -2.21. The fourth-order valence-electron chi connectivity index (χ4n) is 4.86. The summed E-state index contributed by atoms with van der Waals surface area (Å²) >= 11 is 1.22. The molecule has 184 valence electrons. The van der Waals surface area contributed by atoms with E-state index in [1.54, 1.807) is 31.2 Å². The monoisotopic (exact) mass is 502 g/mol. The Morgan fingerprint density at radius 2 is 1.67 bits per heavy atom. The van der Waals surface area contributed by atoms with Crippen LogP contribution in [0.15, 0.2) is 47.8 Å². The average molecular weight is 503 g/mol. The van der Waals surface area contributed by atoms with E-state index in [1.807, 2.05) is 11.4 Å². The number of esters is 1. The van der Waals surface area contributed by atoms with Crippen LogP contribution in [0.2, 0.25) is 0 Å². The molecule has 2 aliphatic rings. The summed E-state index contributed by atoms with van der Waals surface area (Å²) in [5, 5.41) is 4.94. The number of nitrogens with one attached hydrogen (secondary N) is 1. The maximum atomic E-state index is 13.2. The van der Waals surface area contributed by atoms with Gasteiger partial charge in [0.1, 0.15) is 16.6 Å². The molecule has 8 heteroatoms. The molecule has 2 heterocycles. The van der Waals surface area contributed by atoms with E-state index in [-0.39, 0.29) is 23.3 Å². The molecular formula is C28H26N2O5S. The summed E-state index contributed by atoms with van der Waals surface area (Å²) in [5.74, 6) is -2.11. The minimum atomic E-state index is -1.07. The van der Waals surface area contributed by atoms with Gasteiger partial charge in [0, 0.05) is 10.9 Å². The van der Waals surface area contributed by atoms with E-state index in [2.05, 4.69) is 17.4 Å². The SMILES string of the molecule is CCOC(=O)c1c(-c2ccc3c(c2)CCCC3)csc1NC(=O)C(C)N1C(=O)c2ccccc2C1=O. The summed E-state index contributed by atoms with van der Waals surface area (Å²) in [4.78, 5) is 52.8. The molecule has 1 unspecified atom stereocenters. The molecule has 7 nitrogen and oxygen atoms in total. The maximum absolute atomic E-state index is 13.2. The number of thiophene rings is 1. The number of ether oxygens (including phenoxy) is 1. The highest BCUT2D eigenvalue weighted by molar-refractivity contribution is 7.15. The van der Waals surface area contributed by atoms with Crippen molar-refractivity contribution in [3.05, 3.63) is 75.7 Å². The van der Waals surface area contributed by atoms with Crippen molar-refractivity contribution >= 4 is 40.0 Å². The number of aryl methyl sites for hydroxylation is 2. The highest BCUT2D eigenvalue weighted by atomic mass is 32.1. The lowest BCUT2D eigenvalue weighted by atomic mass is 9.89. The Bertz CT molecular complexity index is 1360. The number of anilines is 1. The first-order chi connectivity index (χ1) is 17.4. The summed E-state index contributed by atoms with van der Waals surface area (Å²) < 4.78 is 5.32. The Kier molecular flexibility index (Phi) is 6.45. The van der Waals surface area contributed by atoms with Gasteiger partial charge in [-0.3, -0.25) is 19.3 Å². The van der Waals surface area contributed by atoms with Gasteiger partial charge in [-0.05, 0) is 68.4 Å². The second-order valence-corrected chi connectivity index (χ2v) is 9.84. The van der Waals surface area contributed by atoms with Crippen molar-refractivity contribution < 1.29 is 23.9 Å². The van der Waals surface area contributed by atoms with Crippen molar-refractivity contribution in [1.29, 1.82) is 0 Å². The van der Waals surface area contributed by atoms with Crippen LogP contribution in [-0.4, -0.2) is 41.2 Å². The minimum absolute atomic E-state index is 0.192. The number of imide groups is 1.